The van der Waals surface area contributed by atoms with E-state index in [0.717, 1.165) is 12.8 Å². The highest BCUT2D eigenvalue weighted by Crippen LogP contribution is 2.29. The Balaban J connectivity index is 3.01. The first-order valence-corrected chi connectivity index (χ1v) is 6.13. The molecule has 0 aliphatic carbocycles. The Morgan fingerprint density at radius 2 is 2.00 bits per heavy atom. The fourth-order valence-electron chi connectivity index (χ4n) is 2.45. The van der Waals surface area contributed by atoms with E-state index in [4.69, 9.17) is 0 Å². The molecule has 0 aliphatic heterocycles. The molecule has 1 atom stereocenters. The SMILES string of the molecule is CCC(C)BC(C)(C)c1cc(F)ccc1C. The van der Waals surface area contributed by atoms with Crippen LogP contribution < -0.4 is 0 Å². The maximum Gasteiger partial charge on any atom is 0.136 e. The van der Waals surface area contributed by atoms with Gasteiger partial charge in [0.2, 0.25) is 0 Å². The average molecular weight is 220 g/mol. The zero-order valence-corrected chi connectivity index (χ0v) is 11.1. The predicted octanol–water partition coefficient (Wildman–Crippen LogP) is 4.02. The summed E-state index contributed by atoms with van der Waals surface area (Å²) in [6.07, 6.45) is 1.18. The lowest BCUT2D eigenvalue weighted by atomic mass is 9.44. The maximum atomic E-state index is 13.3. The van der Waals surface area contributed by atoms with Crippen LogP contribution in [0.15, 0.2) is 18.2 Å². The van der Waals surface area contributed by atoms with Gasteiger partial charge in [0.15, 0.2) is 0 Å². The normalized spacial score (nSPS) is 13.6. The summed E-state index contributed by atoms with van der Waals surface area (Å²) in [6, 6.07) is 5.11. The van der Waals surface area contributed by atoms with E-state index in [1.54, 1.807) is 6.07 Å². The Morgan fingerprint density at radius 1 is 1.38 bits per heavy atom. The van der Waals surface area contributed by atoms with Crippen molar-refractivity contribution >= 4 is 7.28 Å². The number of halogens is 1. The molecular weight excluding hydrogens is 198 g/mol. The summed E-state index contributed by atoms with van der Waals surface area (Å²) in [5.41, 5.74) is 2.34. The molecule has 0 spiro atoms. The van der Waals surface area contributed by atoms with Crippen LogP contribution in [0.2, 0.25) is 5.82 Å². The van der Waals surface area contributed by atoms with Crippen molar-refractivity contribution in [2.75, 3.05) is 0 Å². The van der Waals surface area contributed by atoms with Crippen molar-refractivity contribution in [3.63, 3.8) is 0 Å². The Kier molecular flexibility index (Phi) is 4.18. The van der Waals surface area contributed by atoms with Crippen molar-refractivity contribution in [1.82, 2.24) is 0 Å². The molecule has 0 heterocycles. The highest BCUT2D eigenvalue weighted by atomic mass is 19.1. The van der Waals surface area contributed by atoms with E-state index in [2.05, 4.69) is 34.6 Å². The summed E-state index contributed by atoms with van der Waals surface area (Å²) in [4.78, 5) is 0. The lowest BCUT2D eigenvalue weighted by molar-refractivity contribution is 0.616. The Bertz CT molecular complexity index is 358. The molecule has 0 aliphatic rings. The Hall–Kier alpha value is -0.785. The molecule has 0 saturated heterocycles. The summed E-state index contributed by atoms with van der Waals surface area (Å²) in [5.74, 6) is 0.551. The molecule has 1 aromatic carbocycles. The fraction of sp³-hybridized carbons (Fsp3) is 0.571. The van der Waals surface area contributed by atoms with Crippen LogP contribution in [0.1, 0.15) is 45.2 Å². The zero-order valence-electron chi connectivity index (χ0n) is 11.1. The monoisotopic (exact) mass is 220 g/mol. The molecule has 0 fully saturated rings. The van der Waals surface area contributed by atoms with E-state index in [1.807, 2.05) is 6.07 Å². The molecule has 0 N–H and O–H groups in total. The Morgan fingerprint density at radius 3 is 2.56 bits per heavy atom. The zero-order chi connectivity index (χ0) is 12.3. The van der Waals surface area contributed by atoms with E-state index in [9.17, 15) is 4.39 Å². The van der Waals surface area contributed by atoms with E-state index in [-0.39, 0.29) is 11.1 Å². The third-order valence-electron chi connectivity index (χ3n) is 3.48. The molecule has 0 amide bonds. The molecule has 1 aromatic rings. The minimum atomic E-state index is -0.127. The van der Waals surface area contributed by atoms with Crippen LogP contribution in [0, 0.1) is 12.7 Å². The van der Waals surface area contributed by atoms with Crippen LogP contribution in [0.3, 0.4) is 0 Å². The molecule has 88 valence electrons. The first kappa shape index (κ1) is 13.3. The molecule has 0 radical (unpaired) electrons. The standard InChI is InChI=1S/C14H22BF/c1-6-11(3)15-14(4,5)13-9-12(16)8-7-10(13)2/h7-9,11,15H,6H2,1-5H3. The van der Waals surface area contributed by atoms with Gasteiger partial charge in [-0.1, -0.05) is 46.0 Å². The second-order valence-corrected chi connectivity index (χ2v) is 5.56. The molecule has 2 heteroatoms. The van der Waals surface area contributed by atoms with Crippen molar-refractivity contribution in [2.45, 2.75) is 52.2 Å². The lowest BCUT2D eigenvalue weighted by Gasteiger charge is -2.28. The first-order chi connectivity index (χ1) is 7.36. The minimum Gasteiger partial charge on any atom is -0.207 e. The van der Waals surface area contributed by atoms with Gasteiger partial charge in [0, 0.05) is 0 Å². The van der Waals surface area contributed by atoms with Crippen LogP contribution >= 0.6 is 0 Å². The summed E-state index contributed by atoms with van der Waals surface area (Å²) in [7, 11) is 1.10. The van der Waals surface area contributed by atoms with E-state index < -0.39 is 0 Å². The second kappa shape index (κ2) is 5.03. The van der Waals surface area contributed by atoms with Gasteiger partial charge in [0.25, 0.3) is 0 Å². The minimum absolute atomic E-state index is 0.0572. The molecule has 0 nitrogen and oxygen atoms in total. The van der Waals surface area contributed by atoms with Crippen molar-refractivity contribution < 1.29 is 4.39 Å². The molecule has 0 saturated carbocycles. The van der Waals surface area contributed by atoms with Gasteiger partial charge in [-0.15, -0.1) is 0 Å². The summed E-state index contributed by atoms with van der Waals surface area (Å²) < 4.78 is 13.3. The van der Waals surface area contributed by atoms with Crippen LogP contribution in [0.25, 0.3) is 0 Å². The van der Waals surface area contributed by atoms with Crippen molar-refractivity contribution in [1.29, 1.82) is 0 Å². The third kappa shape index (κ3) is 3.10. The maximum absolute atomic E-state index is 13.3. The van der Waals surface area contributed by atoms with E-state index in [1.165, 1.54) is 18.1 Å². The molecule has 1 rings (SSSR count). The largest absolute Gasteiger partial charge is 0.207 e. The summed E-state index contributed by atoms with van der Waals surface area (Å²) >= 11 is 0. The summed E-state index contributed by atoms with van der Waals surface area (Å²) in [6.45, 7) is 10.9. The van der Waals surface area contributed by atoms with Gasteiger partial charge in [-0.3, -0.25) is 0 Å². The second-order valence-electron chi connectivity index (χ2n) is 5.56. The molecule has 1 unspecified atom stereocenters. The first-order valence-electron chi connectivity index (χ1n) is 6.13. The molecule has 16 heavy (non-hydrogen) atoms. The van der Waals surface area contributed by atoms with Crippen LogP contribution in [-0.2, 0) is 5.31 Å². The Labute approximate surface area is 99.5 Å². The van der Waals surface area contributed by atoms with Gasteiger partial charge in [-0.25, -0.2) is 4.39 Å². The van der Waals surface area contributed by atoms with Crippen molar-refractivity contribution in [3.05, 3.63) is 35.1 Å². The van der Waals surface area contributed by atoms with Gasteiger partial charge in [-0.2, -0.15) is 0 Å². The third-order valence-corrected chi connectivity index (χ3v) is 3.48. The summed E-state index contributed by atoms with van der Waals surface area (Å²) in [5, 5.41) is 0.0572. The number of benzene rings is 1. The quantitative estimate of drug-likeness (QED) is 0.672. The van der Waals surface area contributed by atoms with Gasteiger partial charge in [0.05, 0.1) is 0 Å². The number of hydrogen-bond donors (Lipinski definition) is 0. The van der Waals surface area contributed by atoms with Gasteiger partial charge < -0.3 is 0 Å². The van der Waals surface area contributed by atoms with Crippen LogP contribution in [0.5, 0.6) is 0 Å². The van der Waals surface area contributed by atoms with Gasteiger partial charge in [-0.05, 0) is 35.5 Å². The van der Waals surface area contributed by atoms with Crippen LogP contribution in [-0.4, -0.2) is 7.28 Å². The molecular formula is C14H22BF. The average Bonchev–Trinajstić information content (AvgIpc) is 2.20. The number of rotatable bonds is 4. The van der Waals surface area contributed by atoms with Crippen LogP contribution in [0.4, 0.5) is 4.39 Å². The van der Waals surface area contributed by atoms with Gasteiger partial charge in [0.1, 0.15) is 13.1 Å². The van der Waals surface area contributed by atoms with E-state index >= 15 is 0 Å². The molecule has 0 aromatic heterocycles. The fourth-order valence-corrected chi connectivity index (χ4v) is 2.45. The van der Waals surface area contributed by atoms with E-state index in [0.29, 0.717) is 5.82 Å². The topological polar surface area (TPSA) is 0 Å². The number of hydrogen-bond acceptors (Lipinski definition) is 0. The predicted molar refractivity (Wildman–Crippen MR) is 71.0 cm³/mol. The highest BCUT2D eigenvalue weighted by Gasteiger charge is 2.26. The highest BCUT2D eigenvalue weighted by molar-refractivity contribution is 6.41. The lowest BCUT2D eigenvalue weighted by Crippen LogP contribution is -2.29. The van der Waals surface area contributed by atoms with Crippen molar-refractivity contribution in [3.8, 4) is 0 Å². The number of aryl methyl sites for hydroxylation is 1. The smallest absolute Gasteiger partial charge is 0.136 e. The van der Waals surface area contributed by atoms with Gasteiger partial charge >= 0.3 is 0 Å². The van der Waals surface area contributed by atoms with Crippen molar-refractivity contribution in [2.24, 2.45) is 0 Å². The molecule has 0 bridgehead atoms.